The third kappa shape index (κ3) is 2.36. The second kappa shape index (κ2) is 4.38. The van der Waals surface area contributed by atoms with Crippen LogP contribution in [-0.2, 0) is 0 Å². The van der Waals surface area contributed by atoms with E-state index in [0.717, 1.165) is 30.3 Å². The lowest BCUT2D eigenvalue weighted by atomic mass is 9.94. The molecule has 0 saturated carbocycles. The molecule has 1 saturated heterocycles. The fourth-order valence-electron chi connectivity index (χ4n) is 2.76. The first-order valence-corrected chi connectivity index (χ1v) is 6.64. The van der Waals surface area contributed by atoms with Crippen LogP contribution >= 0.6 is 0 Å². The van der Waals surface area contributed by atoms with Crippen molar-refractivity contribution in [2.24, 2.45) is 0 Å². The molecule has 2 aromatic rings. The van der Waals surface area contributed by atoms with Gasteiger partial charge in [0.1, 0.15) is 0 Å². The summed E-state index contributed by atoms with van der Waals surface area (Å²) < 4.78 is 0. The molecule has 0 spiro atoms. The number of likely N-dealkylation sites (tertiary alicyclic amines) is 1. The Balaban J connectivity index is 1.86. The molecule has 0 aliphatic carbocycles. The number of carbonyl (C=O) groups excluding carboxylic acids is 1. The van der Waals surface area contributed by atoms with Gasteiger partial charge in [0.25, 0.3) is 5.91 Å². The zero-order chi connectivity index (χ0) is 13.5. The van der Waals surface area contributed by atoms with Gasteiger partial charge in [-0.1, -0.05) is 6.07 Å². The van der Waals surface area contributed by atoms with Crippen molar-refractivity contribution in [3.8, 4) is 0 Å². The van der Waals surface area contributed by atoms with Gasteiger partial charge in [0.2, 0.25) is 0 Å². The number of nitrogens with zero attached hydrogens (tertiary/aromatic N) is 1. The van der Waals surface area contributed by atoms with Gasteiger partial charge in [-0.05, 0) is 43.4 Å². The Morgan fingerprint density at radius 1 is 1.42 bits per heavy atom. The summed E-state index contributed by atoms with van der Waals surface area (Å²) in [6, 6.07) is 7.65. The fraction of sp³-hybridized carbons (Fsp3) is 0.400. The van der Waals surface area contributed by atoms with Crippen LogP contribution in [0.5, 0.6) is 0 Å². The SMILES string of the molecule is CC1(O)CCCN(C(=O)c2ccc3cc[nH]c3c2)C1. The highest BCUT2D eigenvalue weighted by Gasteiger charge is 2.31. The van der Waals surface area contributed by atoms with E-state index in [4.69, 9.17) is 0 Å². The summed E-state index contributed by atoms with van der Waals surface area (Å²) in [6.07, 6.45) is 3.47. The Morgan fingerprint density at radius 2 is 2.26 bits per heavy atom. The molecule has 1 aromatic heterocycles. The van der Waals surface area contributed by atoms with Gasteiger partial charge in [-0.2, -0.15) is 0 Å². The monoisotopic (exact) mass is 258 g/mol. The predicted octanol–water partition coefficient (Wildman–Crippen LogP) is 2.15. The topological polar surface area (TPSA) is 56.3 Å². The van der Waals surface area contributed by atoms with Gasteiger partial charge >= 0.3 is 0 Å². The molecular weight excluding hydrogens is 240 g/mol. The van der Waals surface area contributed by atoms with Crippen molar-refractivity contribution in [3.63, 3.8) is 0 Å². The number of rotatable bonds is 1. The Hall–Kier alpha value is -1.81. The van der Waals surface area contributed by atoms with Crippen LogP contribution in [0.3, 0.4) is 0 Å². The van der Waals surface area contributed by atoms with Crippen molar-refractivity contribution >= 4 is 16.8 Å². The molecule has 1 aliphatic heterocycles. The lowest BCUT2D eigenvalue weighted by molar-refractivity contribution is -0.0107. The Bertz CT molecular complexity index is 615. The van der Waals surface area contributed by atoms with Crippen LogP contribution in [0.25, 0.3) is 10.9 Å². The van der Waals surface area contributed by atoms with E-state index < -0.39 is 5.60 Å². The number of aliphatic hydroxyl groups is 1. The number of H-pyrrole nitrogens is 1. The highest BCUT2D eigenvalue weighted by Crippen LogP contribution is 2.23. The van der Waals surface area contributed by atoms with Crippen LogP contribution in [0.4, 0.5) is 0 Å². The highest BCUT2D eigenvalue weighted by atomic mass is 16.3. The fourth-order valence-corrected chi connectivity index (χ4v) is 2.76. The maximum atomic E-state index is 12.5. The number of piperidine rings is 1. The van der Waals surface area contributed by atoms with Crippen molar-refractivity contribution < 1.29 is 9.90 Å². The molecule has 0 radical (unpaired) electrons. The molecule has 1 aliphatic rings. The molecule has 1 aromatic carbocycles. The lowest BCUT2D eigenvalue weighted by Crippen LogP contribution is -2.48. The lowest BCUT2D eigenvalue weighted by Gasteiger charge is -2.36. The molecule has 4 nitrogen and oxygen atoms in total. The Morgan fingerprint density at radius 3 is 3.05 bits per heavy atom. The molecule has 1 atom stereocenters. The molecule has 0 bridgehead atoms. The van der Waals surface area contributed by atoms with Crippen molar-refractivity contribution in [1.29, 1.82) is 0 Å². The summed E-state index contributed by atoms with van der Waals surface area (Å²) in [4.78, 5) is 17.3. The predicted molar refractivity (Wildman–Crippen MR) is 74.1 cm³/mol. The summed E-state index contributed by atoms with van der Waals surface area (Å²) in [5, 5.41) is 11.2. The van der Waals surface area contributed by atoms with E-state index in [9.17, 15) is 9.90 Å². The molecule has 2 heterocycles. The van der Waals surface area contributed by atoms with E-state index in [1.807, 2.05) is 30.5 Å². The second-order valence-electron chi connectivity index (χ2n) is 5.61. The number of amides is 1. The number of carbonyl (C=O) groups is 1. The van der Waals surface area contributed by atoms with Gasteiger partial charge in [-0.3, -0.25) is 4.79 Å². The largest absolute Gasteiger partial charge is 0.388 e. The van der Waals surface area contributed by atoms with Gasteiger partial charge in [0.15, 0.2) is 0 Å². The third-order valence-corrected chi connectivity index (χ3v) is 3.76. The number of fused-ring (bicyclic) bond motifs is 1. The number of nitrogens with one attached hydrogen (secondary N) is 1. The van der Waals surface area contributed by atoms with Crippen molar-refractivity contribution in [2.45, 2.75) is 25.4 Å². The minimum atomic E-state index is -0.759. The molecule has 4 heteroatoms. The van der Waals surface area contributed by atoms with Crippen molar-refractivity contribution in [2.75, 3.05) is 13.1 Å². The average Bonchev–Trinajstić information content (AvgIpc) is 2.83. The summed E-state index contributed by atoms with van der Waals surface area (Å²) >= 11 is 0. The van der Waals surface area contributed by atoms with Crippen LogP contribution < -0.4 is 0 Å². The summed E-state index contributed by atoms with van der Waals surface area (Å²) in [7, 11) is 0. The molecule has 1 unspecified atom stereocenters. The van der Waals surface area contributed by atoms with Crippen LogP contribution in [-0.4, -0.2) is 39.6 Å². The molecule has 1 fully saturated rings. The van der Waals surface area contributed by atoms with E-state index in [1.165, 1.54) is 0 Å². The summed E-state index contributed by atoms with van der Waals surface area (Å²) in [6.45, 7) is 2.92. The first-order valence-electron chi connectivity index (χ1n) is 6.64. The Labute approximate surface area is 112 Å². The summed E-state index contributed by atoms with van der Waals surface area (Å²) in [5.41, 5.74) is 0.882. The minimum absolute atomic E-state index is 0.00326. The molecule has 2 N–H and O–H groups in total. The smallest absolute Gasteiger partial charge is 0.254 e. The van der Waals surface area contributed by atoms with Crippen LogP contribution in [0.2, 0.25) is 0 Å². The first-order chi connectivity index (χ1) is 9.05. The van der Waals surface area contributed by atoms with Crippen molar-refractivity contribution in [3.05, 3.63) is 36.0 Å². The quantitative estimate of drug-likeness (QED) is 0.823. The number of hydrogen-bond donors (Lipinski definition) is 2. The van der Waals surface area contributed by atoms with Gasteiger partial charge in [0, 0.05) is 30.4 Å². The van der Waals surface area contributed by atoms with E-state index in [1.54, 1.807) is 11.8 Å². The number of aromatic nitrogens is 1. The van der Waals surface area contributed by atoms with Crippen LogP contribution in [0.1, 0.15) is 30.1 Å². The van der Waals surface area contributed by atoms with Crippen molar-refractivity contribution in [1.82, 2.24) is 9.88 Å². The number of benzene rings is 1. The van der Waals surface area contributed by atoms with Gasteiger partial charge in [0.05, 0.1) is 5.60 Å². The molecule has 19 heavy (non-hydrogen) atoms. The molecule has 3 rings (SSSR count). The normalized spacial score (nSPS) is 23.8. The first kappa shape index (κ1) is 12.2. The average molecular weight is 258 g/mol. The highest BCUT2D eigenvalue weighted by molar-refractivity contribution is 5.98. The number of hydrogen-bond acceptors (Lipinski definition) is 2. The zero-order valence-corrected chi connectivity index (χ0v) is 11.0. The maximum absolute atomic E-state index is 12.5. The summed E-state index contributed by atoms with van der Waals surface area (Å²) in [5.74, 6) is -0.00326. The second-order valence-corrected chi connectivity index (χ2v) is 5.61. The zero-order valence-electron chi connectivity index (χ0n) is 11.0. The third-order valence-electron chi connectivity index (χ3n) is 3.76. The van der Waals surface area contributed by atoms with Crippen LogP contribution in [0.15, 0.2) is 30.5 Å². The Kier molecular flexibility index (Phi) is 2.82. The van der Waals surface area contributed by atoms with Gasteiger partial charge < -0.3 is 15.0 Å². The van der Waals surface area contributed by atoms with Gasteiger partial charge in [-0.15, -0.1) is 0 Å². The van der Waals surface area contributed by atoms with Crippen LogP contribution in [0, 0.1) is 0 Å². The van der Waals surface area contributed by atoms with Gasteiger partial charge in [-0.25, -0.2) is 0 Å². The molecular formula is C15H18N2O2. The maximum Gasteiger partial charge on any atom is 0.254 e. The van der Waals surface area contributed by atoms with E-state index >= 15 is 0 Å². The number of aromatic amines is 1. The van der Waals surface area contributed by atoms with E-state index in [-0.39, 0.29) is 5.91 Å². The minimum Gasteiger partial charge on any atom is -0.388 e. The standard InChI is InChI=1S/C15H18N2O2/c1-15(19)6-2-8-17(10-15)14(18)12-4-3-11-5-7-16-13(11)9-12/h3-5,7,9,16,19H,2,6,8,10H2,1H3. The molecule has 1 amide bonds. The molecule has 100 valence electrons. The van der Waals surface area contributed by atoms with E-state index in [2.05, 4.69) is 4.98 Å². The van der Waals surface area contributed by atoms with E-state index in [0.29, 0.717) is 12.1 Å². The number of β-amino-alcohol motifs (C(OH)–C–C–N with tert-alkyl or cyclic N) is 1.